The molecule has 154 valence electrons. The summed E-state index contributed by atoms with van der Waals surface area (Å²) >= 11 is 0. The number of aromatic nitrogens is 1. The van der Waals surface area contributed by atoms with E-state index in [2.05, 4.69) is 22.6 Å². The number of fused-ring (bicyclic) bond motifs is 1. The minimum absolute atomic E-state index is 0.0218. The van der Waals surface area contributed by atoms with E-state index < -0.39 is 22.2 Å². The Morgan fingerprint density at radius 3 is 2.80 bits per heavy atom. The SMILES string of the molecule is CC#CC(O)[C@@H]1C=Cc2c(cn(C)c2C(=O)Cc2ccc(C)c(C#N)c2)S(=O)(=O)N1. The first-order valence-corrected chi connectivity index (χ1v) is 10.7. The summed E-state index contributed by atoms with van der Waals surface area (Å²) in [5.74, 6) is 4.80. The van der Waals surface area contributed by atoms with Crippen molar-refractivity contribution in [2.75, 3.05) is 0 Å². The van der Waals surface area contributed by atoms with Crippen LogP contribution >= 0.6 is 0 Å². The second-order valence-corrected chi connectivity index (χ2v) is 8.76. The van der Waals surface area contributed by atoms with Crippen molar-refractivity contribution in [1.82, 2.24) is 9.29 Å². The lowest BCUT2D eigenvalue weighted by Gasteiger charge is -2.15. The average Bonchev–Trinajstić information content (AvgIpc) is 2.97. The van der Waals surface area contributed by atoms with Gasteiger partial charge in [-0.05, 0) is 31.0 Å². The lowest BCUT2D eigenvalue weighted by molar-refractivity contribution is 0.0985. The van der Waals surface area contributed by atoms with Gasteiger partial charge in [0.05, 0.1) is 23.4 Å². The summed E-state index contributed by atoms with van der Waals surface area (Å²) in [6, 6.07) is 6.39. The minimum Gasteiger partial charge on any atom is -0.378 e. The standard InChI is InChI=1S/C22H21N3O4S/c1-4-5-19(26)18-9-8-17-21(30(28,29)24-18)13-25(3)22(17)20(27)11-15-7-6-14(2)16(10-15)12-23/h6-10,13,18-19,24,26H,11H2,1-3H3/t18-,19?/m0/s1. The second kappa shape index (κ2) is 8.29. The van der Waals surface area contributed by atoms with Gasteiger partial charge < -0.3 is 9.67 Å². The molecule has 0 fully saturated rings. The summed E-state index contributed by atoms with van der Waals surface area (Å²) in [6.07, 6.45) is 3.21. The number of ketones is 1. The van der Waals surface area contributed by atoms with Crippen molar-refractivity contribution in [2.24, 2.45) is 7.05 Å². The largest absolute Gasteiger partial charge is 0.378 e. The number of carbonyl (C=O) groups excluding carboxylic acids is 1. The van der Waals surface area contributed by atoms with Crippen molar-refractivity contribution in [3.8, 4) is 17.9 Å². The summed E-state index contributed by atoms with van der Waals surface area (Å²) in [6.45, 7) is 3.37. The van der Waals surface area contributed by atoms with Crippen LogP contribution in [0.3, 0.4) is 0 Å². The highest BCUT2D eigenvalue weighted by Crippen LogP contribution is 2.28. The van der Waals surface area contributed by atoms with E-state index in [-0.39, 0.29) is 28.4 Å². The van der Waals surface area contributed by atoms with Gasteiger partial charge in [0.1, 0.15) is 11.0 Å². The molecule has 0 saturated carbocycles. The minimum atomic E-state index is -3.97. The van der Waals surface area contributed by atoms with Gasteiger partial charge in [-0.2, -0.15) is 5.26 Å². The van der Waals surface area contributed by atoms with Crippen LogP contribution in [0.5, 0.6) is 0 Å². The number of rotatable bonds is 4. The molecule has 0 amide bonds. The highest BCUT2D eigenvalue weighted by Gasteiger charge is 2.32. The maximum Gasteiger partial charge on any atom is 0.243 e. The fourth-order valence-electron chi connectivity index (χ4n) is 3.40. The highest BCUT2D eigenvalue weighted by atomic mass is 32.2. The number of aliphatic hydroxyl groups excluding tert-OH is 1. The molecule has 0 spiro atoms. The van der Waals surface area contributed by atoms with Crippen LogP contribution in [-0.2, 0) is 23.5 Å². The molecule has 1 unspecified atom stereocenters. The predicted molar refractivity (Wildman–Crippen MR) is 112 cm³/mol. The van der Waals surface area contributed by atoms with Crippen molar-refractivity contribution >= 4 is 21.9 Å². The zero-order valence-electron chi connectivity index (χ0n) is 16.8. The Morgan fingerprint density at radius 1 is 1.40 bits per heavy atom. The van der Waals surface area contributed by atoms with E-state index in [1.165, 1.54) is 22.9 Å². The molecule has 1 aromatic heterocycles. The lowest BCUT2D eigenvalue weighted by Crippen LogP contribution is -2.40. The number of sulfonamides is 1. The Labute approximate surface area is 175 Å². The fraction of sp³-hybridized carbons (Fsp3) is 0.273. The molecule has 0 saturated heterocycles. The molecule has 0 aliphatic carbocycles. The third-order valence-electron chi connectivity index (χ3n) is 4.92. The smallest absolute Gasteiger partial charge is 0.243 e. The Balaban J connectivity index is 2.02. The van der Waals surface area contributed by atoms with Crippen LogP contribution < -0.4 is 4.72 Å². The lowest BCUT2D eigenvalue weighted by atomic mass is 10.00. The molecule has 2 aromatic rings. The van der Waals surface area contributed by atoms with E-state index in [0.29, 0.717) is 11.1 Å². The van der Waals surface area contributed by atoms with Crippen LogP contribution in [-0.4, -0.2) is 36.0 Å². The van der Waals surface area contributed by atoms with Gasteiger partial charge in [0, 0.05) is 25.2 Å². The van der Waals surface area contributed by atoms with Gasteiger partial charge in [0.2, 0.25) is 10.0 Å². The van der Waals surface area contributed by atoms with E-state index in [4.69, 9.17) is 0 Å². The van der Waals surface area contributed by atoms with Gasteiger partial charge in [-0.25, -0.2) is 13.1 Å². The Kier molecular flexibility index (Phi) is 5.95. The zero-order chi connectivity index (χ0) is 22.1. The van der Waals surface area contributed by atoms with E-state index in [9.17, 15) is 23.6 Å². The quantitative estimate of drug-likeness (QED) is 0.574. The number of nitrogens with zero attached hydrogens (tertiary/aromatic N) is 2. The summed E-state index contributed by atoms with van der Waals surface area (Å²) in [5.41, 5.74) is 2.49. The molecular formula is C22H21N3O4S. The van der Waals surface area contributed by atoms with Crippen LogP contribution in [0.1, 0.15) is 39.7 Å². The number of Topliss-reactive ketones (excluding diaryl/α,β-unsaturated/α-hetero) is 1. The zero-order valence-corrected chi connectivity index (χ0v) is 17.6. The van der Waals surface area contributed by atoms with Crippen molar-refractivity contribution in [3.63, 3.8) is 0 Å². The maximum atomic E-state index is 13.1. The van der Waals surface area contributed by atoms with Crippen molar-refractivity contribution in [3.05, 3.63) is 58.4 Å². The summed E-state index contributed by atoms with van der Waals surface area (Å²) in [5, 5.41) is 19.3. The number of hydrogen-bond acceptors (Lipinski definition) is 5. The first-order valence-electron chi connectivity index (χ1n) is 9.21. The van der Waals surface area contributed by atoms with E-state index in [0.717, 1.165) is 5.56 Å². The highest BCUT2D eigenvalue weighted by molar-refractivity contribution is 7.89. The molecule has 1 aliphatic heterocycles. The third-order valence-corrected chi connectivity index (χ3v) is 6.41. The maximum absolute atomic E-state index is 13.1. The van der Waals surface area contributed by atoms with Gasteiger partial charge in [-0.15, -0.1) is 5.92 Å². The van der Waals surface area contributed by atoms with Crippen LogP contribution in [0.4, 0.5) is 0 Å². The molecule has 2 N–H and O–H groups in total. The second-order valence-electron chi connectivity index (χ2n) is 7.07. The summed E-state index contributed by atoms with van der Waals surface area (Å²) in [4.78, 5) is 13.0. The molecule has 1 aliphatic rings. The number of aliphatic hydroxyl groups is 1. The molecule has 1 aromatic carbocycles. The summed E-state index contributed by atoms with van der Waals surface area (Å²) < 4.78 is 29.5. The average molecular weight is 423 g/mol. The van der Waals surface area contributed by atoms with Gasteiger partial charge in [-0.3, -0.25) is 4.79 Å². The van der Waals surface area contributed by atoms with Crippen molar-refractivity contribution in [2.45, 2.75) is 37.3 Å². The van der Waals surface area contributed by atoms with Gasteiger partial charge in [0.25, 0.3) is 0 Å². The van der Waals surface area contributed by atoms with Gasteiger partial charge in [-0.1, -0.05) is 30.2 Å². The Bertz CT molecular complexity index is 1250. The normalized spacial score (nSPS) is 17.8. The molecule has 3 rings (SSSR count). The Hall–Kier alpha value is -3.17. The number of benzene rings is 1. The molecule has 8 heteroatoms. The number of hydrogen-bond donors (Lipinski definition) is 2. The fourth-order valence-corrected chi connectivity index (χ4v) is 4.84. The van der Waals surface area contributed by atoms with E-state index in [1.54, 1.807) is 32.2 Å². The number of aryl methyl sites for hydroxylation is 2. The third kappa shape index (κ3) is 4.07. The molecule has 0 bridgehead atoms. The molecule has 2 heterocycles. The number of nitrogens with one attached hydrogen (secondary N) is 1. The number of carbonyl (C=O) groups is 1. The van der Waals surface area contributed by atoms with Crippen LogP contribution in [0, 0.1) is 30.1 Å². The molecule has 2 atom stereocenters. The van der Waals surface area contributed by atoms with Gasteiger partial charge >= 0.3 is 0 Å². The number of nitriles is 1. The van der Waals surface area contributed by atoms with E-state index in [1.807, 2.05) is 6.92 Å². The van der Waals surface area contributed by atoms with Crippen LogP contribution in [0.25, 0.3) is 6.08 Å². The predicted octanol–water partition coefficient (Wildman–Crippen LogP) is 1.69. The van der Waals surface area contributed by atoms with E-state index >= 15 is 0 Å². The summed E-state index contributed by atoms with van der Waals surface area (Å²) in [7, 11) is -2.36. The topological polar surface area (TPSA) is 112 Å². The first kappa shape index (κ1) is 21.5. The first-order chi connectivity index (χ1) is 14.2. The molecular weight excluding hydrogens is 402 g/mol. The van der Waals surface area contributed by atoms with Crippen molar-refractivity contribution in [1.29, 1.82) is 5.26 Å². The molecule has 30 heavy (non-hydrogen) atoms. The molecule has 7 nitrogen and oxygen atoms in total. The van der Waals surface area contributed by atoms with Gasteiger partial charge in [0.15, 0.2) is 5.78 Å². The molecule has 0 radical (unpaired) electrons. The Morgan fingerprint density at radius 2 is 2.13 bits per heavy atom. The van der Waals surface area contributed by atoms with Crippen molar-refractivity contribution < 1.29 is 18.3 Å². The van der Waals surface area contributed by atoms with Crippen LogP contribution in [0.2, 0.25) is 0 Å². The monoisotopic (exact) mass is 423 g/mol. The van der Waals surface area contributed by atoms with Crippen LogP contribution in [0.15, 0.2) is 35.4 Å².